The number of aromatic nitrogens is 4. The smallest absolute Gasteiger partial charge is 0.239 e. The summed E-state index contributed by atoms with van der Waals surface area (Å²) in [7, 11) is 5.79. The minimum Gasteiger partial charge on any atom is -0.310 e. The standard InChI is InChI=1S/C27H29FN4OS.C24H27FN4O/c1-30-16-21(15-29-30)19-6-7-20(24(28)14-19)17-32-25-5-3-2-4-23(25)27(26(32)33)10-11-31(18-27)22-8-12-34-13-9-22;1-24(10-11-27(2)16-24)21-6-4-5-7-23(21)29(17-30)15-19-9-8-18(12-22(19)25)20-13-26-28(3)14-20/h2-7,14-16,22H,8-13,17-18H2,1H3;4-9,12-14,17H,10-11,15-16H2,1-3H3. The van der Waals surface area contributed by atoms with Crippen molar-refractivity contribution in [3.8, 4) is 22.3 Å². The number of fused-ring (bicyclic) bond motifs is 2. The number of benzene rings is 4. The van der Waals surface area contributed by atoms with Gasteiger partial charge in [-0.15, -0.1) is 0 Å². The Morgan fingerprint density at radius 2 is 1.39 bits per heavy atom. The van der Waals surface area contributed by atoms with E-state index < -0.39 is 5.41 Å². The Hall–Kier alpha value is -5.63. The quantitative estimate of drug-likeness (QED) is 0.128. The summed E-state index contributed by atoms with van der Waals surface area (Å²) < 4.78 is 33.5. The number of anilines is 2. The first-order chi connectivity index (χ1) is 30.9. The zero-order valence-electron chi connectivity index (χ0n) is 37.1. The molecule has 10 rings (SSSR count). The maximum atomic E-state index is 15.2. The van der Waals surface area contributed by atoms with Crippen LogP contribution in [-0.4, -0.2) is 92.5 Å². The Morgan fingerprint density at radius 3 is 1.98 bits per heavy atom. The molecule has 0 saturated carbocycles. The number of rotatable bonds is 10. The summed E-state index contributed by atoms with van der Waals surface area (Å²) >= 11 is 2.03. The van der Waals surface area contributed by atoms with Crippen molar-refractivity contribution in [2.75, 3.05) is 54.5 Å². The van der Waals surface area contributed by atoms with Gasteiger partial charge in [0, 0.05) is 84.7 Å². The summed E-state index contributed by atoms with van der Waals surface area (Å²) in [5.41, 5.74) is 7.80. The van der Waals surface area contributed by atoms with E-state index in [1.165, 1.54) is 30.4 Å². The molecule has 0 radical (unpaired) electrons. The summed E-state index contributed by atoms with van der Waals surface area (Å²) in [6.45, 7) is 6.36. The predicted molar refractivity (Wildman–Crippen MR) is 251 cm³/mol. The van der Waals surface area contributed by atoms with Gasteiger partial charge >= 0.3 is 0 Å². The second-order valence-electron chi connectivity index (χ2n) is 18.3. The fraction of sp³-hybridized carbons (Fsp3) is 0.373. The molecule has 0 N–H and O–H groups in total. The van der Waals surface area contributed by atoms with Gasteiger partial charge in [0.25, 0.3) is 0 Å². The summed E-state index contributed by atoms with van der Waals surface area (Å²) in [5, 5.41) is 8.32. The third kappa shape index (κ3) is 8.53. The second-order valence-corrected chi connectivity index (χ2v) is 19.5. The number of likely N-dealkylation sites (tertiary alicyclic amines) is 2. The molecule has 3 saturated heterocycles. The Labute approximate surface area is 378 Å². The molecule has 2 aromatic heterocycles. The highest BCUT2D eigenvalue weighted by atomic mass is 32.2. The average molecular weight is 883 g/mol. The molecular weight excluding hydrogens is 827 g/mol. The van der Waals surface area contributed by atoms with Crippen LogP contribution in [0.2, 0.25) is 0 Å². The fourth-order valence-electron chi connectivity index (χ4n) is 10.4. The van der Waals surface area contributed by atoms with E-state index >= 15 is 4.39 Å². The molecular formula is C51H56F2N8O2S. The molecule has 4 aliphatic heterocycles. The van der Waals surface area contributed by atoms with Crippen LogP contribution < -0.4 is 9.80 Å². The monoisotopic (exact) mass is 882 g/mol. The maximum absolute atomic E-state index is 15.2. The topological polar surface area (TPSA) is 82.7 Å². The number of hydrogen-bond acceptors (Lipinski definition) is 7. The number of amides is 2. The zero-order chi connectivity index (χ0) is 44.6. The number of carbonyl (C=O) groups is 2. The molecule has 2 unspecified atom stereocenters. The number of hydrogen-bond donors (Lipinski definition) is 0. The molecule has 0 aliphatic carbocycles. The van der Waals surface area contributed by atoms with Crippen molar-refractivity contribution in [2.24, 2.45) is 14.1 Å². The van der Waals surface area contributed by atoms with Gasteiger partial charge in [-0.3, -0.25) is 23.9 Å². The third-order valence-electron chi connectivity index (χ3n) is 13.9. The fourth-order valence-corrected chi connectivity index (χ4v) is 11.5. The first kappa shape index (κ1) is 43.6. The van der Waals surface area contributed by atoms with Gasteiger partial charge in [0.05, 0.1) is 30.9 Å². The molecule has 64 heavy (non-hydrogen) atoms. The third-order valence-corrected chi connectivity index (χ3v) is 14.9. The first-order valence-electron chi connectivity index (χ1n) is 22.2. The zero-order valence-corrected chi connectivity index (χ0v) is 37.9. The summed E-state index contributed by atoms with van der Waals surface area (Å²) in [5.74, 6) is 1.92. The van der Waals surface area contributed by atoms with Gasteiger partial charge in [0.1, 0.15) is 11.6 Å². The minimum absolute atomic E-state index is 0.0324. The molecule has 10 nitrogen and oxygen atoms in total. The number of thioether (sulfide) groups is 1. The van der Waals surface area contributed by atoms with Crippen molar-refractivity contribution >= 4 is 35.5 Å². The lowest BCUT2D eigenvalue weighted by atomic mass is 9.80. The number of carbonyl (C=O) groups excluding carboxylic acids is 2. The van der Waals surface area contributed by atoms with Gasteiger partial charge in [-0.25, -0.2) is 8.78 Å². The van der Waals surface area contributed by atoms with Crippen LogP contribution in [0.3, 0.4) is 0 Å². The summed E-state index contributed by atoms with van der Waals surface area (Å²) in [6.07, 6.45) is 12.2. The summed E-state index contributed by atoms with van der Waals surface area (Å²) in [4.78, 5) is 34.3. The second kappa shape index (κ2) is 18.1. The largest absolute Gasteiger partial charge is 0.310 e. The minimum atomic E-state index is -0.507. The lowest BCUT2D eigenvalue weighted by Gasteiger charge is -2.32. The Bertz CT molecular complexity index is 2660. The van der Waals surface area contributed by atoms with E-state index in [2.05, 4.69) is 46.1 Å². The molecule has 6 aromatic rings. The van der Waals surface area contributed by atoms with Crippen molar-refractivity contribution < 1.29 is 18.4 Å². The number of aryl methyl sites for hydroxylation is 2. The SMILES string of the molecule is CN1CCC(C)(c2ccccc2N(C=O)Cc2ccc(-c3cnn(C)c3)cc2F)C1.Cn1cc(-c2ccc(CN3C(=O)C4(CCN(C5CCSCC5)C4)c4ccccc43)c(F)c2)cn1. The Morgan fingerprint density at radius 1 is 0.766 bits per heavy atom. The van der Waals surface area contributed by atoms with Gasteiger partial charge in [-0.1, -0.05) is 67.6 Å². The highest BCUT2D eigenvalue weighted by Crippen LogP contribution is 2.49. The molecule has 2 amide bonds. The van der Waals surface area contributed by atoms with E-state index in [1.54, 1.807) is 44.9 Å². The van der Waals surface area contributed by atoms with Gasteiger partial charge in [0.2, 0.25) is 12.3 Å². The molecule has 332 valence electrons. The normalized spacial score (nSPS) is 21.3. The van der Waals surface area contributed by atoms with Crippen molar-refractivity contribution in [3.63, 3.8) is 0 Å². The number of halogens is 2. The lowest BCUT2D eigenvalue weighted by Crippen LogP contribution is -2.44. The molecule has 3 fully saturated rings. The van der Waals surface area contributed by atoms with Crippen LogP contribution in [0.25, 0.3) is 22.3 Å². The van der Waals surface area contributed by atoms with Gasteiger partial charge in [0.15, 0.2) is 0 Å². The molecule has 13 heteroatoms. The molecule has 0 bridgehead atoms. The van der Waals surface area contributed by atoms with E-state index in [0.29, 0.717) is 17.2 Å². The predicted octanol–water partition coefficient (Wildman–Crippen LogP) is 8.59. The van der Waals surface area contributed by atoms with Crippen LogP contribution in [0, 0.1) is 11.6 Å². The average Bonchev–Trinajstić information content (AvgIpc) is 4.16. The van der Waals surface area contributed by atoms with Crippen LogP contribution in [0.1, 0.15) is 54.9 Å². The van der Waals surface area contributed by atoms with Crippen LogP contribution in [-0.2, 0) is 47.6 Å². The van der Waals surface area contributed by atoms with Gasteiger partial charge in [-0.2, -0.15) is 22.0 Å². The van der Waals surface area contributed by atoms with Crippen LogP contribution in [0.15, 0.2) is 110 Å². The highest BCUT2D eigenvalue weighted by Gasteiger charge is 2.55. The maximum Gasteiger partial charge on any atom is 0.239 e. The highest BCUT2D eigenvalue weighted by molar-refractivity contribution is 7.99. The van der Waals surface area contributed by atoms with Crippen molar-refractivity contribution in [1.82, 2.24) is 29.4 Å². The van der Waals surface area contributed by atoms with E-state index in [4.69, 9.17) is 0 Å². The summed E-state index contributed by atoms with van der Waals surface area (Å²) in [6, 6.07) is 27.1. The lowest BCUT2D eigenvalue weighted by molar-refractivity contribution is -0.123. The van der Waals surface area contributed by atoms with Crippen LogP contribution >= 0.6 is 11.8 Å². The molecule has 2 atom stereocenters. The first-order valence-corrected chi connectivity index (χ1v) is 23.4. The van der Waals surface area contributed by atoms with E-state index in [-0.39, 0.29) is 36.0 Å². The molecule has 1 spiro atoms. The molecule has 4 aliphatic rings. The van der Waals surface area contributed by atoms with Crippen LogP contribution in [0.4, 0.5) is 20.2 Å². The van der Waals surface area contributed by atoms with Crippen molar-refractivity contribution in [3.05, 3.63) is 144 Å². The van der Waals surface area contributed by atoms with Gasteiger partial charge < -0.3 is 14.7 Å². The van der Waals surface area contributed by atoms with Gasteiger partial charge in [-0.05, 0) is 104 Å². The molecule has 6 heterocycles. The molecule has 4 aromatic carbocycles. The van der Waals surface area contributed by atoms with Crippen LogP contribution in [0.5, 0.6) is 0 Å². The number of nitrogens with zero attached hydrogens (tertiary/aromatic N) is 8. The number of para-hydroxylation sites is 2. The van der Waals surface area contributed by atoms with E-state index in [9.17, 15) is 14.0 Å². The number of likely N-dealkylation sites (N-methyl/N-ethyl adjacent to an activating group) is 1. The van der Waals surface area contributed by atoms with E-state index in [1.807, 2.05) is 91.7 Å². The van der Waals surface area contributed by atoms with Crippen molar-refractivity contribution in [1.29, 1.82) is 0 Å². The van der Waals surface area contributed by atoms with Crippen molar-refractivity contribution in [2.45, 2.75) is 62.6 Å². The Kier molecular flexibility index (Phi) is 12.3. The Balaban J connectivity index is 0.000000163. The van der Waals surface area contributed by atoms with E-state index in [0.717, 1.165) is 90.2 Å².